The molecule has 2 aromatic rings. The van der Waals surface area contributed by atoms with Gasteiger partial charge < -0.3 is 25.2 Å². The molecule has 0 unspecified atom stereocenters. The van der Waals surface area contributed by atoms with E-state index in [-0.39, 0.29) is 6.61 Å². The molecule has 142 valence electrons. The Labute approximate surface area is 149 Å². The van der Waals surface area contributed by atoms with E-state index in [9.17, 15) is 15.3 Å². The third-order valence-corrected chi connectivity index (χ3v) is 4.44. The van der Waals surface area contributed by atoms with Crippen molar-refractivity contribution < 1.29 is 25.2 Å². The highest BCUT2D eigenvalue weighted by Gasteiger charge is 2.42. The Hall–Kier alpha value is -1.98. The molecular weight excluding hydrogens is 342 g/mol. The van der Waals surface area contributed by atoms with Crippen molar-refractivity contribution in [3.05, 3.63) is 12.7 Å². The number of hydrogen-bond donors (Lipinski definition) is 4. The number of fused-ring (bicyclic) bond motifs is 1. The number of aromatic nitrogens is 4. The molecule has 1 saturated heterocycles. The molecule has 26 heavy (non-hydrogen) atoms. The molecule has 1 aliphatic heterocycles. The normalized spacial score (nSPS) is 28.0. The van der Waals surface area contributed by atoms with E-state index in [0.717, 1.165) is 5.71 Å². The average Bonchev–Trinajstić information content (AvgIpc) is 3.17. The number of hydrogen-bond acceptors (Lipinski definition) is 9. The van der Waals surface area contributed by atoms with Crippen molar-refractivity contribution in [1.29, 1.82) is 0 Å². The van der Waals surface area contributed by atoms with Crippen molar-refractivity contribution in [2.75, 3.05) is 6.61 Å². The Kier molecular flexibility index (Phi) is 5.58. The van der Waals surface area contributed by atoms with Crippen LogP contribution in [0.4, 0.5) is 5.82 Å². The van der Waals surface area contributed by atoms with Gasteiger partial charge in [0.05, 0.1) is 25.1 Å². The van der Waals surface area contributed by atoms with Gasteiger partial charge in [-0.1, -0.05) is 0 Å². The lowest BCUT2D eigenvalue weighted by molar-refractivity contribution is -0.0299. The van der Waals surface area contributed by atoms with Gasteiger partial charge in [0.2, 0.25) is 0 Å². The van der Waals surface area contributed by atoms with Gasteiger partial charge in [-0.3, -0.25) is 4.57 Å². The van der Waals surface area contributed by atoms with Crippen molar-refractivity contribution in [1.82, 2.24) is 19.5 Å². The molecule has 0 bridgehead atoms. The Morgan fingerprint density at radius 1 is 1.31 bits per heavy atom. The quantitative estimate of drug-likeness (QED) is 0.510. The molecule has 1 aliphatic rings. The van der Waals surface area contributed by atoms with Gasteiger partial charge in [0, 0.05) is 5.71 Å². The second-order valence-corrected chi connectivity index (χ2v) is 6.46. The summed E-state index contributed by atoms with van der Waals surface area (Å²) in [5.74, 6) is 0.367. The molecule has 0 radical (unpaired) electrons. The summed E-state index contributed by atoms with van der Waals surface area (Å²) in [5, 5.41) is 38.4. The summed E-state index contributed by atoms with van der Waals surface area (Å²) in [5.41, 5.74) is 1.61. The standard InChI is InChI=1S/C16H23N5O5/c1-8(3-4-10(23)5-22)20-14-11-15(18-6-17-14)21(7-19-11)16-13(25)12(24)9(2)26-16/h6-7,9-10,12-13,16,22-25H,3-5H2,1-2H3/t9-,10-,12-,13-,16-/m1/s1. The first-order valence-electron chi connectivity index (χ1n) is 8.44. The van der Waals surface area contributed by atoms with Crippen LogP contribution in [-0.4, -0.2) is 76.7 Å². The van der Waals surface area contributed by atoms with Crippen LogP contribution in [0.5, 0.6) is 0 Å². The van der Waals surface area contributed by atoms with Gasteiger partial charge in [0.15, 0.2) is 23.2 Å². The van der Waals surface area contributed by atoms with Gasteiger partial charge in [-0.15, -0.1) is 0 Å². The second kappa shape index (κ2) is 7.72. The van der Waals surface area contributed by atoms with Crippen molar-refractivity contribution >= 4 is 22.7 Å². The monoisotopic (exact) mass is 365 g/mol. The van der Waals surface area contributed by atoms with Crippen LogP contribution in [0.3, 0.4) is 0 Å². The zero-order valence-electron chi connectivity index (χ0n) is 14.6. The van der Waals surface area contributed by atoms with E-state index in [0.29, 0.717) is 29.8 Å². The van der Waals surface area contributed by atoms with Gasteiger partial charge in [0.1, 0.15) is 18.5 Å². The molecule has 4 N–H and O–H groups in total. The predicted molar refractivity (Wildman–Crippen MR) is 92.0 cm³/mol. The predicted octanol–water partition coefficient (Wildman–Crippen LogP) is -0.309. The molecular formula is C16H23N5O5. The molecule has 3 heterocycles. The van der Waals surface area contributed by atoms with E-state index < -0.39 is 30.6 Å². The van der Waals surface area contributed by atoms with Crippen LogP contribution in [0.2, 0.25) is 0 Å². The summed E-state index contributed by atoms with van der Waals surface area (Å²) >= 11 is 0. The van der Waals surface area contributed by atoms with Gasteiger partial charge >= 0.3 is 0 Å². The highest BCUT2D eigenvalue weighted by molar-refractivity contribution is 5.89. The van der Waals surface area contributed by atoms with Crippen molar-refractivity contribution in [2.45, 2.75) is 57.3 Å². The van der Waals surface area contributed by atoms with E-state index in [4.69, 9.17) is 9.84 Å². The van der Waals surface area contributed by atoms with Crippen LogP contribution in [0.1, 0.15) is 32.9 Å². The molecule has 2 aromatic heterocycles. The maximum absolute atomic E-state index is 10.2. The molecule has 10 heteroatoms. The van der Waals surface area contributed by atoms with E-state index >= 15 is 0 Å². The minimum atomic E-state index is -1.09. The van der Waals surface area contributed by atoms with Crippen LogP contribution < -0.4 is 0 Å². The fourth-order valence-electron chi connectivity index (χ4n) is 2.87. The molecule has 0 aliphatic carbocycles. The van der Waals surface area contributed by atoms with Crippen molar-refractivity contribution in [3.63, 3.8) is 0 Å². The average molecular weight is 365 g/mol. The summed E-state index contributed by atoms with van der Waals surface area (Å²) in [6.07, 6.45) is -0.445. The third kappa shape index (κ3) is 3.60. The number of ether oxygens (including phenoxy) is 1. The highest BCUT2D eigenvalue weighted by atomic mass is 16.6. The SMILES string of the molecule is CC(CC[C@@H](O)CO)=Nc1ncnc2c1ncn2[C@@H]1O[C@H](C)[C@@H](O)[C@H]1O. The van der Waals surface area contributed by atoms with Crippen LogP contribution in [0.15, 0.2) is 17.6 Å². The minimum absolute atomic E-state index is 0.288. The van der Waals surface area contributed by atoms with E-state index in [1.165, 1.54) is 12.7 Å². The second-order valence-electron chi connectivity index (χ2n) is 6.46. The minimum Gasteiger partial charge on any atom is -0.394 e. The molecule has 10 nitrogen and oxygen atoms in total. The molecule has 3 rings (SSSR count). The number of rotatable bonds is 6. The maximum Gasteiger partial charge on any atom is 0.183 e. The van der Waals surface area contributed by atoms with Crippen molar-refractivity contribution in [2.24, 2.45) is 4.99 Å². The first kappa shape index (κ1) is 18.8. The molecule has 0 amide bonds. The highest BCUT2D eigenvalue weighted by Crippen LogP contribution is 2.32. The lowest BCUT2D eigenvalue weighted by Gasteiger charge is -2.16. The zero-order valence-corrected chi connectivity index (χ0v) is 14.6. The molecule has 0 spiro atoms. The Bertz CT molecular complexity index is 794. The summed E-state index contributed by atoms with van der Waals surface area (Å²) in [6.45, 7) is 3.20. The Balaban J connectivity index is 1.87. The maximum atomic E-state index is 10.2. The number of imidazole rings is 1. The van der Waals surface area contributed by atoms with E-state index in [1.807, 2.05) is 0 Å². The Morgan fingerprint density at radius 2 is 2.08 bits per heavy atom. The fourth-order valence-corrected chi connectivity index (χ4v) is 2.87. The van der Waals surface area contributed by atoms with Gasteiger partial charge in [-0.25, -0.2) is 19.9 Å². The summed E-state index contributed by atoms with van der Waals surface area (Å²) < 4.78 is 7.17. The molecule has 0 saturated carbocycles. The van der Waals surface area contributed by atoms with Gasteiger partial charge in [0.25, 0.3) is 0 Å². The lowest BCUT2D eigenvalue weighted by atomic mass is 10.1. The molecule has 1 fully saturated rings. The van der Waals surface area contributed by atoms with Crippen LogP contribution >= 0.6 is 0 Å². The fraction of sp³-hybridized carbons (Fsp3) is 0.625. The first-order chi connectivity index (χ1) is 12.4. The van der Waals surface area contributed by atoms with Gasteiger partial charge in [-0.05, 0) is 26.7 Å². The number of aliphatic imine (C=N–C) groups is 1. The third-order valence-electron chi connectivity index (χ3n) is 4.44. The summed E-state index contributed by atoms with van der Waals surface area (Å²) in [6, 6.07) is 0. The topological polar surface area (TPSA) is 146 Å². The van der Waals surface area contributed by atoms with Crippen LogP contribution in [0, 0.1) is 0 Å². The molecule has 5 atom stereocenters. The smallest absolute Gasteiger partial charge is 0.183 e. The van der Waals surface area contributed by atoms with E-state index in [2.05, 4.69) is 19.9 Å². The number of aliphatic hydroxyl groups excluding tert-OH is 4. The molecule has 0 aromatic carbocycles. The van der Waals surface area contributed by atoms with Crippen LogP contribution in [-0.2, 0) is 4.74 Å². The van der Waals surface area contributed by atoms with E-state index in [1.54, 1.807) is 18.4 Å². The Morgan fingerprint density at radius 3 is 2.73 bits per heavy atom. The van der Waals surface area contributed by atoms with Crippen LogP contribution in [0.25, 0.3) is 11.2 Å². The number of aliphatic hydroxyl groups is 4. The lowest BCUT2D eigenvalue weighted by Crippen LogP contribution is -2.30. The first-order valence-corrected chi connectivity index (χ1v) is 8.44. The zero-order chi connectivity index (χ0) is 18.8. The number of nitrogens with zero attached hydrogens (tertiary/aromatic N) is 5. The van der Waals surface area contributed by atoms with Gasteiger partial charge in [-0.2, -0.15) is 0 Å². The van der Waals surface area contributed by atoms with Crippen molar-refractivity contribution in [3.8, 4) is 0 Å². The summed E-state index contributed by atoms with van der Waals surface area (Å²) in [7, 11) is 0. The summed E-state index contributed by atoms with van der Waals surface area (Å²) in [4.78, 5) is 17.1. The largest absolute Gasteiger partial charge is 0.394 e.